The van der Waals surface area contributed by atoms with E-state index in [1.54, 1.807) is 0 Å². The van der Waals surface area contributed by atoms with Crippen LogP contribution in [0.4, 0.5) is 0 Å². The molecule has 0 bridgehead atoms. The lowest BCUT2D eigenvalue weighted by atomic mass is 10.2. The normalized spacial score (nSPS) is 19.9. The van der Waals surface area contributed by atoms with Gasteiger partial charge in [-0.25, -0.2) is 0 Å². The van der Waals surface area contributed by atoms with Gasteiger partial charge in [0.15, 0.2) is 5.96 Å². The van der Waals surface area contributed by atoms with Crippen LogP contribution in [0, 0.1) is 5.92 Å². The van der Waals surface area contributed by atoms with E-state index in [1.807, 2.05) is 6.08 Å². The van der Waals surface area contributed by atoms with E-state index in [-0.39, 0.29) is 6.10 Å². The average Bonchev–Trinajstić information content (AvgIpc) is 2.51. The van der Waals surface area contributed by atoms with E-state index < -0.39 is 0 Å². The zero-order chi connectivity index (χ0) is 17.1. The number of nitrogens with one attached hydrogen (secondary N) is 1. The summed E-state index contributed by atoms with van der Waals surface area (Å²) in [7, 11) is 2.09. The summed E-state index contributed by atoms with van der Waals surface area (Å²) in [6.45, 7) is 17.0. The SMILES string of the molecule is C=CCCCN(C)C(=NCC1CN(CC(C)C)CCO1)NCC. The summed E-state index contributed by atoms with van der Waals surface area (Å²) in [5, 5.41) is 3.37. The largest absolute Gasteiger partial charge is 0.374 e. The Morgan fingerprint density at radius 3 is 2.96 bits per heavy atom. The first-order valence-corrected chi connectivity index (χ1v) is 9.01. The third kappa shape index (κ3) is 8.37. The fourth-order valence-corrected chi connectivity index (χ4v) is 2.81. The lowest BCUT2D eigenvalue weighted by Gasteiger charge is -2.33. The van der Waals surface area contributed by atoms with Gasteiger partial charge in [-0.15, -0.1) is 6.58 Å². The molecule has 1 saturated heterocycles. The number of guanidine groups is 1. The van der Waals surface area contributed by atoms with E-state index in [2.05, 4.69) is 49.5 Å². The molecule has 0 radical (unpaired) electrons. The summed E-state index contributed by atoms with van der Waals surface area (Å²) in [6, 6.07) is 0. The highest BCUT2D eigenvalue weighted by Gasteiger charge is 2.21. The second-order valence-corrected chi connectivity index (χ2v) is 6.69. The Morgan fingerprint density at radius 2 is 2.30 bits per heavy atom. The van der Waals surface area contributed by atoms with Gasteiger partial charge in [0.25, 0.3) is 0 Å². The smallest absolute Gasteiger partial charge is 0.193 e. The number of hydrogen-bond donors (Lipinski definition) is 1. The van der Waals surface area contributed by atoms with Crippen LogP contribution in [0.3, 0.4) is 0 Å². The van der Waals surface area contributed by atoms with Crippen molar-refractivity contribution in [3.63, 3.8) is 0 Å². The molecule has 1 N–H and O–H groups in total. The third-order valence-electron chi connectivity index (χ3n) is 3.89. The Kier molecular flexibility index (Phi) is 9.96. The van der Waals surface area contributed by atoms with Crippen LogP contribution in [-0.4, -0.2) is 74.8 Å². The first-order valence-electron chi connectivity index (χ1n) is 9.01. The fraction of sp³-hybridized carbons (Fsp3) is 0.833. The van der Waals surface area contributed by atoms with E-state index in [1.165, 1.54) is 0 Å². The number of nitrogens with zero attached hydrogens (tertiary/aromatic N) is 3. The number of rotatable bonds is 9. The van der Waals surface area contributed by atoms with Gasteiger partial charge in [-0.05, 0) is 25.7 Å². The zero-order valence-corrected chi connectivity index (χ0v) is 15.6. The predicted molar refractivity (Wildman–Crippen MR) is 99.1 cm³/mol. The van der Waals surface area contributed by atoms with E-state index in [9.17, 15) is 0 Å². The quantitative estimate of drug-likeness (QED) is 0.305. The standard InChI is InChI=1S/C18H36N4O/c1-6-8-9-10-21(5)18(19-7-2)20-13-17-15-22(11-12-23-17)14-16(3)4/h6,16-17H,1,7-15H2,2-5H3,(H,19,20). The highest BCUT2D eigenvalue weighted by Crippen LogP contribution is 2.08. The highest BCUT2D eigenvalue weighted by atomic mass is 16.5. The lowest BCUT2D eigenvalue weighted by Crippen LogP contribution is -2.46. The Hall–Kier alpha value is -1.07. The van der Waals surface area contributed by atoms with E-state index >= 15 is 0 Å². The molecule has 1 fully saturated rings. The van der Waals surface area contributed by atoms with E-state index in [4.69, 9.17) is 9.73 Å². The van der Waals surface area contributed by atoms with Gasteiger partial charge in [0, 0.05) is 39.8 Å². The van der Waals surface area contributed by atoms with Gasteiger partial charge in [-0.1, -0.05) is 19.9 Å². The molecule has 0 spiro atoms. The molecule has 0 saturated carbocycles. The molecular weight excluding hydrogens is 288 g/mol. The maximum absolute atomic E-state index is 5.89. The van der Waals surface area contributed by atoms with Crippen LogP contribution in [0.25, 0.3) is 0 Å². The molecule has 0 aliphatic carbocycles. The Balaban J connectivity index is 2.49. The van der Waals surface area contributed by atoms with Crippen molar-refractivity contribution in [2.75, 3.05) is 52.9 Å². The van der Waals surface area contributed by atoms with Crippen molar-refractivity contribution in [1.29, 1.82) is 0 Å². The Bertz CT molecular complexity index is 357. The van der Waals surface area contributed by atoms with Crippen molar-refractivity contribution in [1.82, 2.24) is 15.1 Å². The maximum Gasteiger partial charge on any atom is 0.193 e. The zero-order valence-electron chi connectivity index (χ0n) is 15.6. The molecule has 5 heteroatoms. The monoisotopic (exact) mass is 324 g/mol. The molecule has 1 aliphatic heterocycles. The van der Waals surface area contributed by atoms with Crippen LogP contribution in [0.15, 0.2) is 17.6 Å². The second kappa shape index (κ2) is 11.5. The van der Waals surface area contributed by atoms with Crippen molar-refractivity contribution >= 4 is 5.96 Å². The van der Waals surface area contributed by atoms with Gasteiger partial charge in [-0.3, -0.25) is 9.89 Å². The highest BCUT2D eigenvalue weighted by molar-refractivity contribution is 5.79. The summed E-state index contributed by atoms with van der Waals surface area (Å²) < 4.78 is 5.89. The lowest BCUT2D eigenvalue weighted by molar-refractivity contribution is -0.0262. The van der Waals surface area contributed by atoms with Gasteiger partial charge < -0.3 is 15.0 Å². The first kappa shape index (κ1) is 20.0. The summed E-state index contributed by atoms with van der Waals surface area (Å²) in [6.07, 6.45) is 4.32. The van der Waals surface area contributed by atoms with Gasteiger partial charge in [0.05, 0.1) is 19.3 Å². The summed E-state index contributed by atoms with van der Waals surface area (Å²) in [4.78, 5) is 9.47. The number of ether oxygens (including phenoxy) is 1. The molecule has 5 nitrogen and oxygen atoms in total. The van der Waals surface area contributed by atoms with Crippen LogP contribution in [0.2, 0.25) is 0 Å². The number of morpholine rings is 1. The van der Waals surface area contributed by atoms with Crippen molar-refractivity contribution in [2.24, 2.45) is 10.9 Å². The van der Waals surface area contributed by atoms with Gasteiger partial charge in [0.2, 0.25) is 0 Å². The minimum atomic E-state index is 0.206. The number of aliphatic imine (C=N–C) groups is 1. The van der Waals surface area contributed by atoms with Crippen LogP contribution < -0.4 is 5.32 Å². The molecule has 1 aliphatic rings. The number of allylic oxidation sites excluding steroid dienone is 1. The van der Waals surface area contributed by atoms with Gasteiger partial charge in [-0.2, -0.15) is 0 Å². The van der Waals surface area contributed by atoms with Gasteiger partial charge >= 0.3 is 0 Å². The van der Waals surface area contributed by atoms with Crippen molar-refractivity contribution < 1.29 is 4.74 Å². The summed E-state index contributed by atoms with van der Waals surface area (Å²) >= 11 is 0. The Morgan fingerprint density at radius 1 is 1.52 bits per heavy atom. The van der Waals surface area contributed by atoms with Gasteiger partial charge in [0.1, 0.15) is 0 Å². The molecule has 134 valence electrons. The van der Waals surface area contributed by atoms with Crippen LogP contribution in [0.1, 0.15) is 33.6 Å². The molecule has 1 heterocycles. The van der Waals surface area contributed by atoms with E-state index in [0.29, 0.717) is 5.92 Å². The molecule has 0 aromatic carbocycles. The minimum Gasteiger partial charge on any atom is -0.374 e. The minimum absolute atomic E-state index is 0.206. The first-order chi connectivity index (χ1) is 11.1. The molecule has 1 unspecified atom stereocenters. The number of unbranched alkanes of at least 4 members (excludes halogenated alkanes) is 1. The average molecular weight is 325 g/mol. The molecular formula is C18H36N4O. The maximum atomic E-state index is 5.89. The van der Waals surface area contributed by atoms with Crippen molar-refractivity contribution in [3.05, 3.63) is 12.7 Å². The topological polar surface area (TPSA) is 40.1 Å². The molecule has 1 rings (SSSR count). The molecule has 0 aromatic heterocycles. The van der Waals surface area contributed by atoms with Crippen molar-refractivity contribution in [3.8, 4) is 0 Å². The molecule has 0 aromatic rings. The third-order valence-corrected chi connectivity index (χ3v) is 3.89. The fourth-order valence-electron chi connectivity index (χ4n) is 2.81. The Labute approximate surface area is 142 Å². The van der Waals surface area contributed by atoms with E-state index in [0.717, 1.165) is 64.7 Å². The second-order valence-electron chi connectivity index (χ2n) is 6.69. The van der Waals surface area contributed by atoms with Crippen LogP contribution >= 0.6 is 0 Å². The molecule has 23 heavy (non-hydrogen) atoms. The van der Waals surface area contributed by atoms with Crippen LogP contribution in [0.5, 0.6) is 0 Å². The molecule has 1 atom stereocenters. The molecule has 0 amide bonds. The van der Waals surface area contributed by atoms with Crippen molar-refractivity contribution in [2.45, 2.75) is 39.7 Å². The number of hydrogen-bond acceptors (Lipinski definition) is 3. The van der Waals surface area contributed by atoms with Crippen LogP contribution in [-0.2, 0) is 4.74 Å². The summed E-state index contributed by atoms with van der Waals surface area (Å²) in [5.74, 6) is 1.67. The predicted octanol–water partition coefficient (Wildman–Crippen LogP) is 2.21. The summed E-state index contributed by atoms with van der Waals surface area (Å²) in [5.41, 5.74) is 0.